The van der Waals surface area contributed by atoms with E-state index in [0.29, 0.717) is 23.5 Å². The highest BCUT2D eigenvalue weighted by Gasteiger charge is 2.12. The van der Waals surface area contributed by atoms with Gasteiger partial charge in [0, 0.05) is 6.20 Å². The van der Waals surface area contributed by atoms with Gasteiger partial charge in [0.25, 0.3) is 5.91 Å². The van der Waals surface area contributed by atoms with E-state index < -0.39 is 0 Å². The molecule has 0 saturated heterocycles. The molecular formula is C18H17N3O2. The second kappa shape index (κ2) is 6.79. The third-order valence-electron chi connectivity index (χ3n) is 3.43. The summed E-state index contributed by atoms with van der Waals surface area (Å²) in [6.45, 7) is 0.658. The van der Waals surface area contributed by atoms with Crippen molar-refractivity contribution in [2.45, 2.75) is 6.54 Å². The molecule has 3 rings (SSSR count). The summed E-state index contributed by atoms with van der Waals surface area (Å²) < 4.78 is 6.99. The van der Waals surface area contributed by atoms with Gasteiger partial charge in [0.15, 0.2) is 0 Å². The van der Waals surface area contributed by atoms with Gasteiger partial charge in [-0.1, -0.05) is 42.5 Å². The fourth-order valence-electron chi connectivity index (χ4n) is 2.32. The standard InChI is InChI=1S/C18H17N3O2/c1-23-17-10-6-5-9-16(17)18(22)20-15-11-19-21(13-15)12-14-7-3-2-4-8-14/h2-11,13H,12H2,1H3,(H,20,22). The van der Waals surface area contributed by atoms with E-state index in [2.05, 4.69) is 10.4 Å². The molecule has 2 aromatic carbocycles. The van der Waals surface area contributed by atoms with E-state index in [0.717, 1.165) is 5.56 Å². The van der Waals surface area contributed by atoms with Crippen LogP contribution in [0.15, 0.2) is 67.0 Å². The number of hydrogen-bond acceptors (Lipinski definition) is 3. The molecule has 0 atom stereocenters. The van der Waals surface area contributed by atoms with Crippen LogP contribution in [-0.2, 0) is 6.54 Å². The number of nitrogens with one attached hydrogen (secondary N) is 1. The Balaban J connectivity index is 1.70. The Morgan fingerprint density at radius 1 is 1.13 bits per heavy atom. The van der Waals surface area contributed by atoms with Crippen LogP contribution in [0.5, 0.6) is 5.75 Å². The van der Waals surface area contributed by atoms with Crippen molar-refractivity contribution < 1.29 is 9.53 Å². The smallest absolute Gasteiger partial charge is 0.259 e. The van der Waals surface area contributed by atoms with Gasteiger partial charge >= 0.3 is 0 Å². The number of anilines is 1. The number of para-hydroxylation sites is 1. The SMILES string of the molecule is COc1ccccc1C(=O)Nc1cnn(Cc2ccccc2)c1. The molecule has 0 aliphatic rings. The largest absolute Gasteiger partial charge is 0.496 e. The van der Waals surface area contributed by atoms with Gasteiger partial charge in [-0.2, -0.15) is 5.10 Å². The highest BCUT2D eigenvalue weighted by molar-refractivity contribution is 6.06. The summed E-state index contributed by atoms with van der Waals surface area (Å²) in [6, 6.07) is 17.1. The van der Waals surface area contributed by atoms with Gasteiger partial charge in [0.05, 0.1) is 31.1 Å². The van der Waals surface area contributed by atoms with Crippen molar-refractivity contribution in [3.05, 3.63) is 78.1 Å². The molecule has 23 heavy (non-hydrogen) atoms. The average molecular weight is 307 g/mol. The Morgan fingerprint density at radius 2 is 1.87 bits per heavy atom. The zero-order valence-corrected chi connectivity index (χ0v) is 12.8. The number of methoxy groups -OCH3 is 1. The lowest BCUT2D eigenvalue weighted by atomic mass is 10.2. The molecule has 0 radical (unpaired) electrons. The molecule has 5 nitrogen and oxygen atoms in total. The third kappa shape index (κ3) is 3.58. The molecule has 0 saturated carbocycles. The molecule has 116 valence electrons. The van der Waals surface area contributed by atoms with E-state index in [-0.39, 0.29) is 5.91 Å². The zero-order chi connectivity index (χ0) is 16.1. The van der Waals surface area contributed by atoms with Crippen molar-refractivity contribution in [1.82, 2.24) is 9.78 Å². The molecule has 1 amide bonds. The summed E-state index contributed by atoms with van der Waals surface area (Å²) in [5.41, 5.74) is 2.29. The van der Waals surface area contributed by atoms with E-state index in [1.807, 2.05) is 36.4 Å². The molecular weight excluding hydrogens is 290 g/mol. The predicted molar refractivity (Wildman–Crippen MR) is 88.7 cm³/mol. The minimum absolute atomic E-state index is 0.221. The van der Waals surface area contributed by atoms with Crippen LogP contribution in [-0.4, -0.2) is 22.8 Å². The number of amides is 1. The Kier molecular flexibility index (Phi) is 4.38. The maximum atomic E-state index is 12.3. The fourth-order valence-corrected chi connectivity index (χ4v) is 2.32. The first-order valence-electron chi connectivity index (χ1n) is 7.27. The highest BCUT2D eigenvalue weighted by Crippen LogP contribution is 2.19. The summed E-state index contributed by atoms with van der Waals surface area (Å²) in [4.78, 5) is 12.3. The predicted octanol–water partition coefficient (Wildman–Crippen LogP) is 3.19. The number of nitrogens with zero attached hydrogens (tertiary/aromatic N) is 2. The molecule has 0 aliphatic heterocycles. The summed E-state index contributed by atoms with van der Waals surface area (Å²) in [6.07, 6.45) is 3.44. The van der Waals surface area contributed by atoms with Gasteiger partial charge in [-0.3, -0.25) is 9.48 Å². The van der Waals surface area contributed by atoms with E-state index in [1.54, 1.807) is 42.4 Å². The van der Waals surface area contributed by atoms with Crippen LogP contribution in [0, 0.1) is 0 Å². The van der Waals surface area contributed by atoms with Crippen LogP contribution in [0.4, 0.5) is 5.69 Å². The number of hydrogen-bond donors (Lipinski definition) is 1. The van der Waals surface area contributed by atoms with Gasteiger partial charge in [-0.05, 0) is 17.7 Å². The van der Waals surface area contributed by atoms with Crippen molar-refractivity contribution >= 4 is 11.6 Å². The fraction of sp³-hybridized carbons (Fsp3) is 0.111. The number of carbonyl (C=O) groups is 1. The molecule has 0 unspecified atom stereocenters. The normalized spacial score (nSPS) is 10.3. The van der Waals surface area contributed by atoms with E-state index in [4.69, 9.17) is 4.74 Å². The van der Waals surface area contributed by atoms with Crippen molar-refractivity contribution in [3.8, 4) is 5.75 Å². The molecule has 3 aromatic rings. The highest BCUT2D eigenvalue weighted by atomic mass is 16.5. The first-order valence-corrected chi connectivity index (χ1v) is 7.27. The maximum Gasteiger partial charge on any atom is 0.259 e. The molecule has 0 fully saturated rings. The molecule has 0 spiro atoms. The van der Waals surface area contributed by atoms with Crippen LogP contribution in [0.2, 0.25) is 0 Å². The van der Waals surface area contributed by atoms with Crippen LogP contribution in [0.25, 0.3) is 0 Å². The second-order valence-electron chi connectivity index (χ2n) is 5.07. The third-order valence-corrected chi connectivity index (χ3v) is 3.43. The summed E-state index contributed by atoms with van der Waals surface area (Å²) in [5, 5.41) is 7.11. The minimum atomic E-state index is -0.221. The molecule has 5 heteroatoms. The summed E-state index contributed by atoms with van der Waals surface area (Å²) in [5.74, 6) is 0.323. The first-order chi connectivity index (χ1) is 11.3. The zero-order valence-electron chi connectivity index (χ0n) is 12.8. The average Bonchev–Trinajstić information content (AvgIpc) is 3.02. The van der Waals surface area contributed by atoms with Gasteiger partial charge < -0.3 is 10.1 Å². The molecule has 0 aliphatic carbocycles. The van der Waals surface area contributed by atoms with Crippen LogP contribution >= 0.6 is 0 Å². The van der Waals surface area contributed by atoms with E-state index in [9.17, 15) is 4.79 Å². The number of benzene rings is 2. The monoisotopic (exact) mass is 307 g/mol. The number of rotatable bonds is 5. The topological polar surface area (TPSA) is 56.1 Å². The van der Waals surface area contributed by atoms with Gasteiger partial charge in [0.2, 0.25) is 0 Å². The van der Waals surface area contributed by atoms with Crippen LogP contribution < -0.4 is 10.1 Å². The molecule has 1 aromatic heterocycles. The Labute approximate surface area is 134 Å². The lowest BCUT2D eigenvalue weighted by Crippen LogP contribution is -2.12. The van der Waals surface area contributed by atoms with Crippen molar-refractivity contribution in [2.75, 3.05) is 12.4 Å². The van der Waals surface area contributed by atoms with Crippen LogP contribution in [0.3, 0.4) is 0 Å². The minimum Gasteiger partial charge on any atom is -0.496 e. The Hall–Kier alpha value is -3.08. The summed E-state index contributed by atoms with van der Waals surface area (Å²) >= 11 is 0. The number of ether oxygens (including phenoxy) is 1. The quantitative estimate of drug-likeness (QED) is 0.787. The van der Waals surface area contributed by atoms with Gasteiger partial charge in [-0.15, -0.1) is 0 Å². The van der Waals surface area contributed by atoms with Crippen molar-refractivity contribution in [3.63, 3.8) is 0 Å². The second-order valence-corrected chi connectivity index (χ2v) is 5.07. The maximum absolute atomic E-state index is 12.3. The molecule has 1 heterocycles. The van der Waals surface area contributed by atoms with Crippen molar-refractivity contribution in [2.24, 2.45) is 0 Å². The molecule has 0 bridgehead atoms. The first kappa shape index (κ1) is 14.8. The van der Waals surface area contributed by atoms with Gasteiger partial charge in [-0.25, -0.2) is 0 Å². The lowest BCUT2D eigenvalue weighted by molar-refractivity contribution is 0.102. The van der Waals surface area contributed by atoms with Gasteiger partial charge in [0.1, 0.15) is 5.75 Å². The van der Waals surface area contributed by atoms with Crippen LogP contribution in [0.1, 0.15) is 15.9 Å². The van der Waals surface area contributed by atoms with Crippen molar-refractivity contribution in [1.29, 1.82) is 0 Å². The Bertz CT molecular complexity index is 797. The lowest BCUT2D eigenvalue weighted by Gasteiger charge is -2.07. The van der Waals surface area contributed by atoms with E-state index in [1.165, 1.54) is 0 Å². The Morgan fingerprint density at radius 3 is 2.65 bits per heavy atom. The summed E-state index contributed by atoms with van der Waals surface area (Å²) in [7, 11) is 1.55. The number of aromatic nitrogens is 2. The van der Waals surface area contributed by atoms with E-state index >= 15 is 0 Å². The number of carbonyl (C=O) groups excluding carboxylic acids is 1. The molecule has 1 N–H and O–H groups in total.